The highest BCUT2D eigenvalue weighted by Gasteiger charge is 2.33. The normalized spacial score (nSPS) is 19.8. The van der Waals surface area contributed by atoms with E-state index in [2.05, 4.69) is 15.4 Å². The highest BCUT2D eigenvalue weighted by molar-refractivity contribution is 7.85. The molecular weight excluding hydrogens is 471 g/mol. The number of hydrogen-bond donors (Lipinski definition) is 3. The summed E-state index contributed by atoms with van der Waals surface area (Å²) < 4.78 is 54.0. The van der Waals surface area contributed by atoms with Gasteiger partial charge in [0.05, 0.1) is 0 Å². The first-order valence-electron chi connectivity index (χ1n) is 10.6. The molecule has 1 amide bonds. The summed E-state index contributed by atoms with van der Waals surface area (Å²) >= 11 is 0.756. The quantitative estimate of drug-likeness (QED) is 0.406. The van der Waals surface area contributed by atoms with Gasteiger partial charge in [-0.2, -0.15) is 13.2 Å². The van der Waals surface area contributed by atoms with Gasteiger partial charge in [-0.25, -0.2) is 4.21 Å². The summed E-state index contributed by atoms with van der Waals surface area (Å²) in [6.45, 7) is 0. The number of anilines is 2. The number of alkyl halides is 3. The van der Waals surface area contributed by atoms with Crippen LogP contribution in [0.15, 0.2) is 48.5 Å². The van der Waals surface area contributed by atoms with E-state index in [1.807, 2.05) is 6.07 Å². The lowest BCUT2D eigenvalue weighted by Gasteiger charge is -2.30. The minimum absolute atomic E-state index is 0.0289. The van der Waals surface area contributed by atoms with Crippen LogP contribution >= 0.6 is 11.3 Å². The molecule has 33 heavy (non-hydrogen) atoms. The summed E-state index contributed by atoms with van der Waals surface area (Å²) in [7, 11) is -1.22. The van der Waals surface area contributed by atoms with E-state index in [9.17, 15) is 22.2 Å². The summed E-state index contributed by atoms with van der Waals surface area (Å²) in [4.78, 5) is 12.0. The Bertz CT molecular complexity index is 1170. The SMILES string of the molecule is CS(=O)Nc1cccc(C(=O)NC2CCC(Nc3cccc4sc(C(F)(F)F)cc34)CC2)c1. The van der Waals surface area contributed by atoms with Gasteiger partial charge in [-0.15, -0.1) is 11.3 Å². The first kappa shape index (κ1) is 23.6. The number of hydrogen-bond acceptors (Lipinski definition) is 4. The fourth-order valence-electron chi connectivity index (χ4n) is 4.09. The minimum atomic E-state index is -4.35. The van der Waals surface area contributed by atoms with Crippen LogP contribution in [0.4, 0.5) is 24.5 Å². The van der Waals surface area contributed by atoms with Gasteiger partial charge in [0.1, 0.15) is 15.9 Å². The third kappa shape index (κ3) is 5.86. The van der Waals surface area contributed by atoms with E-state index in [1.165, 1.54) is 12.3 Å². The van der Waals surface area contributed by atoms with Gasteiger partial charge in [-0.3, -0.25) is 4.79 Å². The van der Waals surface area contributed by atoms with Crippen LogP contribution in [0, 0.1) is 0 Å². The predicted octanol–water partition coefficient (Wildman–Crippen LogP) is 5.78. The first-order valence-corrected chi connectivity index (χ1v) is 12.9. The Morgan fingerprint density at radius 3 is 2.42 bits per heavy atom. The van der Waals surface area contributed by atoms with Gasteiger partial charge in [0.25, 0.3) is 5.91 Å². The molecule has 0 bridgehead atoms. The Morgan fingerprint density at radius 1 is 1.03 bits per heavy atom. The number of nitrogens with one attached hydrogen (secondary N) is 3. The summed E-state index contributed by atoms with van der Waals surface area (Å²) in [5.41, 5.74) is 1.83. The molecule has 3 aromatic rings. The van der Waals surface area contributed by atoms with Crippen LogP contribution in [-0.2, 0) is 17.2 Å². The first-order chi connectivity index (χ1) is 15.7. The zero-order chi connectivity index (χ0) is 23.6. The monoisotopic (exact) mass is 495 g/mol. The second kappa shape index (κ2) is 9.72. The van der Waals surface area contributed by atoms with Crippen molar-refractivity contribution < 1.29 is 22.2 Å². The molecule has 10 heteroatoms. The molecule has 176 valence electrons. The number of benzene rings is 2. The minimum Gasteiger partial charge on any atom is -0.382 e. The van der Waals surface area contributed by atoms with Crippen molar-refractivity contribution in [2.24, 2.45) is 0 Å². The van der Waals surface area contributed by atoms with Crippen LogP contribution in [0.3, 0.4) is 0 Å². The van der Waals surface area contributed by atoms with Crippen LogP contribution in [0.1, 0.15) is 40.9 Å². The molecule has 1 aliphatic carbocycles. The van der Waals surface area contributed by atoms with E-state index in [1.54, 1.807) is 36.4 Å². The summed E-state index contributed by atoms with van der Waals surface area (Å²) in [6, 6.07) is 13.5. The van der Waals surface area contributed by atoms with Gasteiger partial charge in [0, 0.05) is 45.4 Å². The lowest BCUT2D eigenvalue weighted by molar-refractivity contribution is -0.134. The number of halogens is 3. The Kier molecular flexibility index (Phi) is 6.94. The molecule has 1 fully saturated rings. The van der Waals surface area contributed by atoms with Crippen LogP contribution < -0.4 is 15.4 Å². The molecule has 4 rings (SSSR count). The average molecular weight is 496 g/mol. The van der Waals surface area contributed by atoms with E-state index >= 15 is 0 Å². The molecule has 0 spiro atoms. The van der Waals surface area contributed by atoms with Gasteiger partial charge in [0.2, 0.25) is 0 Å². The highest BCUT2D eigenvalue weighted by atomic mass is 32.2. The van der Waals surface area contributed by atoms with Gasteiger partial charge in [-0.05, 0) is 62.1 Å². The van der Waals surface area contributed by atoms with Crippen molar-refractivity contribution in [1.29, 1.82) is 0 Å². The second-order valence-corrected chi connectivity index (χ2v) is 10.3. The van der Waals surface area contributed by atoms with Gasteiger partial charge >= 0.3 is 6.18 Å². The van der Waals surface area contributed by atoms with Crippen molar-refractivity contribution in [3.63, 3.8) is 0 Å². The third-order valence-corrected chi connectivity index (χ3v) is 7.32. The van der Waals surface area contributed by atoms with E-state index in [4.69, 9.17) is 0 Å². The molecule has 1 saturated carbocycles. The molecule has 2 aromatic carbocycles. The Labute approximate surface area is 196 Å². The number of carbonyl (C=O) groups excluding carboxylic acids is 1. The van der Waals surface area contributed by atoms with Crippen LogP contribution in [0.5, 0.6) is 0 Å². The number of fused-ring (bicyclic) bond motifs is 1. The number of thiophene rings is 1. The lowest BCUT2D eigenvalue weighted by atomic mass is 9.90. The molecule has 5 nitrogen and oxygen atoms in total. The van der Waals surface area contributed by atoms with Crippen LogP contribution in [0.2, 0.25) is 0 Å². The highest BCUT2D eigenvalue weighted by Crippen LogP contribution is 2.40. The summed E-state index contributed by atoms with van der Waals surface area (Å²) in [5, 5.41) is 7.05. The standard InChI is InChI=1S/C23H24F3N3O2S2/c1-33(31)29-17-5-2-4-14(12-17)22(30)28-16-10-8-15(9-11-16)27-19-6-3-7-20-18(19)13-21(32-20)23(24,25)26/h2-7,12-13,15-16,27,29H,8-11H2,1H3,(H,28,30). The third-order valence-electron chi connectivity index (χ3n) is 5.65. The Morgan fingerprint density at radius 2 is 1.73 bits per heavy atom. The maximum atomic E-state index is 13.1. The van der Waals surface area contributed by atoms with Crippen LogP contribution in [-0.4, -0.2) is 28.5 Å². The molecule has 1 heterocycles. The molecule has 0 aliphatic heterocycles. The maximum Gasteiger partial charge on any atom is 0.425 e. The second-order valence-electron chi connectivity index (χ2n) is 8.13. The van der Waals surface area contributed by atoms with E-state index in [0.29, 0.717) is 27.0 Å². The van der Waals surface area contributed by atoms with Crippen molar-refractivity contribution in [3.05, 3.63) is 59.0 Å². The zero-order valence-corrected chi connectivity index (χ0v) is 19.5. The van der Waals surface area contributed by atoms with Crippen LogP contribution in [0.25, 0.3) is 10.1 Å². The van der Waals surface area contributed by atoms with E-state index in [-0.39, 0.29) is 18.0 Å². The van der Waals surface area contributed by atoms with E-state index in [0.717, 1.165) is 37.0 Å². The molecule has 3 N–H and O–H groups in total. The molecule has 0 saturated heterocycles. The Balaban J connectivity index is 1.35. The smallest absolute Gasteiger partial charge is 0.382 e. The number of carbonyl (C=O) groups is 1. The number of rotatable bonds is 6. The average Bonchev–Trinajstić information content (AvgIpc) is 3.21. The molecule has 1 unspecified atom stereocenters. The molecule has 1 aromatic heterocycles. The van der Waals surface area contributed by atoms with Crippen molar-refractivity contribution >= 4 is 49.7 Å². The molecule has 1 aliphatic rings. The molecular formula is C23H24F3N3O2S2. The Hall–Kier alpha value is -2.59. The lowest BCUT2D eigenvalue weighted by Crippen LogP contribution is -2.40. The molecule has 0 radical (unpaired) electrons. The fraction of sp³-hybridized carbons (Fsp3) is 0.348. The van der Waals surface area contributed by atoms with Gasteiger partial charge in [0.15, 0.2) is 0 Å². The zero-order valence-electron chi connectivity index (χ0n) is 17.9. The summed E-state index contributed by atoms with van der Waals surface area (Å²) in [5.74, 6) is -0.181. The topological polar surface area (TPSA) is 70.2 Å². The van der Waals surface area contributed by atoms with Crippen molar-refractivity contribution in [2.75, 3.05) is 16.3 Å². The predicted molar refractivity (Wildman–Crippen MR) is 128 cm³/mol. The summed E-state index contributed by atoms with van der Waals surface area (Å²) in [6.07, 6.45) is 0.317. The van der Waals surface area contributed by atoms with E-state index < -0.39 is 22.0 Å². The fourth-order valence-corrected chi connectivity index (χ4v) is 5.50. The maximum absolute atomic E-state index is 13.1. The van der Waals surface area contributed by atoms with Crippen molar-refractivity contribution in [3.8, 4) is 0 Å². The van der Waals surface area contributed by atoms with Crippen molar-refractivity contribution in [2.45, 2.75) is 43.9 Å². The molecule has 1 atom stereocenters. The van der Waals surface area contributed by atoms with Gasteiger partial charge < -0.3 is 15.4 Å². The van der Waals surface area contributed by atoms with Gasteiger partial charge in [-0.1, -0.05) is 12.1 Å². The van der Waals surface area contributed by atoms with Crippen molar-refractivity contribution in [1.82, 2.24) is 5.32 Å². The largest absolute Gasteiger partial charge is 0.425 e. The number of amides is 1.